The first-order valence-corrected chi connectivity index (χ1v) is 8.31. The summed E-state index contributed by atoms with van der Waals surface area (Å²) in [5.74, 6) is 2.05. The van der Waals surface area contributed by atoms with Gasteiger partial charge in [0.05, 0.1) is 11.5 Å². The van der Waals surface area contributed by atoms with Crippen molar-refractivity contribution in [3.05, 3.63) is 0 Å². The second kappa shape index (κ2) is 5.05. The fraction of sp³-hybridized carbons (Fsp3) is 1.00. The van der Waals surface area contributed by atoms with Crippen molar-refractivity contribution in [1.29, 1.82) is 0 Å². The molecule has 1 saturated heterocycles. The SMILES string of the molecule is CC1CCC(NCC2CCS(=O)(=O)C2)CC1. The van der Waals surface area contributed by atoms with E-state index in [1.165, 1.54) is 25.7 Å². The molecule has 16 heavy (non-hydrogen) atoms. The summed E-state index contributed by atoms with van der Waals surface area (Å²) < 4.78 is 22.6. The van der Waals surface area contributed by atoms with Gasteiger partial charge in [0.2, 0.25) is 0 Å². The molecule has 94 valence electrons. The van der Waals surface area contributed by atoms with E-state index in [2.05, 4.69) is 12.2 Å². The monoisotopic (exact) mass is 245 g/mol. The van der Waals surface area contributed by atoms with Crippen LogP contribution in [0.3, 0.4) is 0 Å². The molecule has 0 aromatic carbocycles. The van der Waals surface area contributed by atoms with Crippen molar-refractivity contribution >= 4 is 9.84 Å². The second-order valence-corrected chi connectivity index (χ2v) is 7.86. The highest BCUT2D eigenvalue weighted by Crippen LogP contribution is 2.24. The standard InChI is InChI=1S/C12H23NO2S/c1-10-2-4-12(5-3-10)13-8-11-6-7-16(14,15)9-11/h10-13H,2-9H2,1H3. The number of nitrogens with one attached hydrogen (secondary N) is 1. The van der Waals surface area contributed by atoms with E-state index in [-0.39, 0.29) is 0 Å². The van der Waals surface area contributed by atoms with Crippen LogP contribution in [0.15, 0.2) is 0 Å². The van der Waals surface area contributed by atoms with Crippen molar-refractivity contribution in [2.24, 2.45) is 11.8 Å². The van der Waals surface area contributed by atoms with E-state index in [4.69, 9.17) is 0 Å². The van der Waals surface area contributed by atoms with Crippen molar-refractivity contribution in [3.8, 4) is 0 Å². The summed E-state index contributed by atoms with van der Waals surface area (Å²) in [7, 11) is -2.70. The third-order valence-electron chi connectivity index (χ3n) is 4.04. The number of sulfone groups is 1. The maximum Gasteiger partial charge on any atom is 0.150 e. The predicted molar refractivity (Wildman–Crippen MR) is 66.2 cm³/mol. The lowest BCUT2D eigenvalue weighted by Crippen LogP contribution is -2.36. The van der Waals surface area contributed by atoms with Gasteiger partial charge >= 0.3 is 0 Å². The highest BCUT2D eigenvalue weighted by atomic mass is 32.2. The molecule has 2 aliphatic rings. The van der Waals surface area contributed by atoms with Gasteiger partial charge in [0.25, 0.3) is 0 Å². The third-order valence-corrected chi connectivity index (χ3v) is 5.87. The van der Waals surface area contributed by atoms with Crippen LogP contribution in [0.2, 0.25) is 0 Å². The molecule has 0 aromatic heterocycles. The molecule has 1 aliphatic heterocycles. The summed E-state index contributed by atoms with van der Waals surface area (Å²) in [6.45, 7) is 3.22. The van der Waals surface area contributed by atoms with E-state index in [9.17, 15) is 8.42 Å². The summed E-state index contributed by atoms with van der Waals surface area (Å²) in [4.78, 5) is 0. The van der Waals surface area contributed by atoms with Gasteiger partial charge in [0.15, 0.2) is 9.84 Å². The average molecular weight is 245 g/mol. The fourth-order valence-electron chi connectivity index (χ4n) is 2.83. The van der Waals surface area contributed by atoms with E-state index in [0.717, 1.165) is 18.9 Å². The second-order valence-electron chi connectivity index (χ2n) is 5.63. The molecule has 0 aromatic rings. The van der Waals surface area contributed by atoms with Crippen LogP contribution in [0.25, 0.3) is 0 Å². The van der Waals surface area contributed by atoms with Crippen LogP contribution in [0.1, 0.15) is 39.0 Å². The fourth-order valence-corrected chi connectivity index (χ4v) is 4.69. The van der Waals surface area contributed by atoms with Gasteiger partial charge in [0.1, 0.15) is 0 Å². The summed E-state index contributed by atoms with van der Waals surface area (Å²) in [5, 5.41) is 3.56. The minimum absolute atomic E-state index is 0.365. The largest absolute Gasteiger partial charge is 0.314 e. The Bertz CT molecular complexity index is 318. The molecule has 1 atom stereocenters. The van der Waals surface area contributed by atoms with Gasteiger partial charge in [0, 0.05) is 6.04 Å². The summed E-state index contributed by atoms with van der Waals surface area (Å²) >= 11 is 0. The lowest BCUT2D eigenvalue weighted by Gasteiger charge is -2.27. The highest BCUT2D eigenvalue weighted by molar-refractivity contribution is 7.91. The van der Waals surface area contributed by atoms with Gasteiger partial charge in [-0.2, -0.15) is 0 Å². The van der Waals surface area contributed by atoms with Crippen molar-refractivity contribution < 1.29 is 8.42 Å². The van der Waals surface area contributed by atoms with Crippen LogP contribution >= 0.6 is 0 Å². The zero-order valence-electron chi connectivity index (χ0n) is 10.1. The van der Waals surface area contributed by atoms with Crippen LogP contribution in [-0.2, 0) is 9.84 Å². The maximum atomic E-state index is 11.3. The molecule has 1 unspecified atom stereocenters. The van der Waals surface area contributed by atoms with Crippen molar-refractivity contribution in [1.82, 2.24) is 5.32 Å². The molecular weight excluding hydrogens is 222 g/mol. The van der Waals surface area contributed by atoms with Gasteiger partial charge < -0.3 is 5.32 Å². The predicted octanol–water partition coefficient (Wildman–Crippen LogP) is 1.59. The summed E-state index contributed by atoms with van der Waals surface area (Å²) in [6, 6.07) is 0.638. The summed E-state index contributed by atoms with van der Waals surface area (Å²) in [6.07, 6.45) is 6.03. The lowest BCUT2D eigenvalue weighted by atomic mass is 9.87. The number of hydrogen-bond acceptors (Lipinski definition) is 3. The quantitative estimate of drug-likeness (QED) is 0.821. The van der Waals surface area contributed by atoms with E-state index in [1.807, 2.05) is 0 Å². The Labute approximate surface area is 98.9 Å². The molecule has 1 heterocycles. The Morgan fingerprint density at radius 1 is 1.12 bits per heavy atom. The Hall–Kier alpha value is -0.0900. The van der Waals surface area contributed by atoms with E-state index in [1.54, 1.807) is 0 Å². The van der Waals surface area contributed by atoms with Crippen LogP contribution < -0.4 is 5.32 Å². The highest BCUT2D eigenvalue weighted by Gasteiger charge is 2.28. The number of rotatable bonds is 3. The van der Waals surface area contributed by atoms with Gasteiger partial charge in [-0.05, 0) is 50.5 Å². The van der Waals surface area contributed by atoms with Crippen molar-refractivity contribution in [3.63, 3.8) is 0 Å². The zero-order chi connectivity index (χ0) is 11.6. The van der Waals surface area contributed by atoms with Gasteiger partial charge in [-0.25, -0.2) is 8.42 Å². The Morgan fingerprint density at radius 2 is 1.81 bits per heavy atom. The molecule has 0 amide bonds. The number of hydrogen-bond donors (Lipinski definition) is 1. The van der Waals surface area contributed by atoms with Crippen molar-refractivity contribution in [2.75, 3.05) is 18.1 Å². The molecule has 0 radical (unpaired) electrons. The lowest BCUT2D eigenvalue weighted by molar-refractivity contribution is 0.298. The first-order valence-electron chi connectivity index (χ1n) is 6.49. The molecule has 4 heteroatoms. The minimum Gasteiger partial charge on any atom is -0.314 e. The molecule has 2 rings (SSSR count). The molecule has 2 fully saturated rings. The Morgan fingerprint density at radius 3 is 2.38 bits per heavy atom. The van der Waals surface area contributed by atoms with E-state index < -0.39 is 9.84 Å². The smallest absolute Gasteiger partial charge is 0.150 e. The van der Waals surface area contributed by atoms with E-state index in [0.29, 0.717) is 23.5 Å². The minimum atomic E-state index is -2.70. The van der Waals surface area contributed by atoms with Crippen LogP contribution in [0.4, 0.5) is 0 Å². The van der Waals surface area contributed by atoms with Crippen LogP contribution in [0, 0.1) is 11.8 Å². The topological polar surface area (TPSA) is 46.2 Å². The zero-order valence-corrected chi connectivity index (χ0v) is 10.9. The molecule has 1 saturated carbocycles. The first kappa shape index (κ1) is 12.4. The van der Waals surface area contributed by atoms with Gasteiger partial charge in [-0.3, -0.25) is 0 Å². The molecule has 1 aliphatic carbocycles. The van der Waals surface area contributed by atoms with Crippen LogP contribution in [-0.4, -0.2) is 32.5 Å². The van der Waals surface area contributed by atoms with Gasteiger partial charge in [-0.1, -0.05) is 6.92 Å². The average Bonchev–Trinajstić information content (AvgIpc) is 2.58. The maximum absolute atomic E-state index is 11.3. The third kappa shape index (κ3) is 3.45. The first-order chi connectivity index (χ1) is 7.55. The molecule has 0 bridgehead atoms. The molecule has 3 nitrogen and oxygen atoms in total. The molecular formula is C12H23NO2S. The molecule has 1 N–H and O–H groups in total. The normalized spacial score (nSPS) is 38.7. The molecule has 0 spiro atoms. The van der Waals surface area contributed by atoms with Crippen LogP contribution in [0.5, 0.6) is 0 Å². The Kier molecular flexibility index (Phi) is 3.90. The van der Waals surface area contributed by atoms with Gasteiger partial charge in [-0.15, -0.1) is 0 Å². The van der Waals surface area contributed by atoms with Crippen molar-refractivity contribution in [2.45, 2.75) is 45.1 Å². The van der Waals surface area contributed by atoms with E-state index >= 15 is 0 Å². The summed E-state index contributed by atoms with van der Waals surface area (Å²) in [5.41, 5.74) is 0. The Balaban J connectivity index is 1.68.